The van der Waals surface area contributed by atoms with Crippen LogP contribution in [0.4, 0.5) is 0 Å². The molecule has 2 aliphatic heterocycles. The Labute approximate surface area is 186 Å². The van der Waals surface area contributed by atoms with Gasteiger partial charge in [-0.25, -0.2) is 14.4 Å². The van der Waals surface area contributed by atoms with Crippen molar-refractivity contribution in [3.8, 4) is 0 Å². The molecule has 0 aromatic rings. The van der Waals surface area contributed by atoms with Crippen molar-refractivity contribution in [2.45, 2.75) is 70.6 Å². The van der Waals surface area contributed by atoms with E-state index in [9.17, 15) is 19.2 Å². The minimum atomic E-state index is -1.36. The number of carbonyl (C=O) groups excluding carboxylic acids is 4. The summed E-state index contributed by atoms with van der Waals surface area (Å²) < 4.78 is 27.1. The predicted molar refractivity (Wildman–Crippen MR) is 110 cm³/mol. The molecule has 0 bridgehead atoms. The van der Waals surface area contributed by atoms with Crippen molar-refractivity contribution in [1.29, 1.82) is 0 Å². The monoisotopic (exact) mass is 448 g/mol. The van der Waals surface area contributed by atoms with E-state index in [1.165, 1.54) is 14.0 Å². The molecule has 0 unspecified atom stereocenters. The Kier molecular flexibility index (Phi) is 6.59. The maximum absolute atomic E-state index is 12.9. The molecule has 6 atom stereocenters. The van der Waals surface area contributed by atoms with Gasteiger partial charge in [-0.3, -0.25) is 4.79 Å². The Morgan fingerprint density at radius 1 is 1.25 bits per heavy atom. The molecule has 0 saturated carbocycles. The maximum atomic E-state index is 12.9. The number of hydrogen-bond acceptors (Lipinski definition) is 9. The lowest BCUT2D eigenvalue weighted by molar-refractivity contribution is -0.173. The highest BCUT2D eigenvalue weighted by Crippen LogP contribution is 2.41. The van der Waals surface area contributed by atoms with Gasteiger partial charge in [0.05, 0.1) is 24.7 Å². The summed E-state index contributed by atoms with van der Waals surface area (Å²) >= 11 is 0. The molecule has 3 rings (SSSR count). The Hall–Kier alpha value is -2.94. The van der Waals surface area contributed by atoms with Crippen LogP contribution < -0.4 is 0 Å². The van der Waals surface area contributed by atoms with Crippen molar-refractivity contribution in [2.75, 3.05) is 7.11 Å². The summed E-state index contributed by atoms with van der Waals surface area (Å²) in [4.78, 5) is 50.1. The van der Waals surface area contributed by atoms with Gasteiger partial charge in [0.15, 0.2) is 17.8 Å². The highest BCUT2D eigenvalue weighted by atomic mass is 16.7. The van der Waals surface area contributed by atoms with Crippen LogP contribution in [0, 0.1) is 5.92 Å². The van der Waals surface area contributed by atoms with E-state index in [0.717, 1.165) is 5.57 Å². The van der Waals surface area contributed by atoms with Gasteiger partial charge in [-0.2, -0.15) is 0 Å². The van der Waals surface area contributed by atoms with Crippen LogP contribution in [-0.4, -0.2) is 61.0 Å². The summed E-state index contributed by atoms with van der Waals surface area (Å²) in [6.45, 7) is 10.1. The Balaban J connectivity index is 2.13. The molecule has 2 saturated heterocycles. The molecule has 174 valence electrons. The standard InChI is InChI=1S/C23H28O9/c1-11-8-7-9-15(21(26)28-6)18(31-22(27)23(5)13(3)32-23)19(29-14(4)24)17-12(2)20(25)30-16(17)10-11/h9-10,13,16-19H,2,7-8H2,1,3-6H3/b11-10+,15-9+/t13-,16-,17+,18+,19+,23+/m1/s1. The minimum Gasteiger partial charge on any atom is -0.466 e. The van der Waals surface area contributed by atoms with Gasteiger partial charge < -0.3 is 23.7 Å². The Morgan fingerprint density at radius 3 is 2.47 bits per heavy atom. The Bertz CT molecular complexity index is 914. The SMILES string of the molecule is C=C1C(=O)O[C@@H]2/C=C(\C)CC/C=C(/C(=O)OC)[C@H](OC(=O)[C@@]3(C)O[C@@H]3C)[C@@H](OC(C)=O)[C@@H]12. The topological polar surface area (TPSA) is 118 Å². The quantitative estimate of drug-likeness (QED) is 0.209. The van der Waals surface area contributed by atoms with Gasteiger partial charge in [-0.05, 0) is 39.7 Å². The second-order valence-corrected chi connectivity index (χ2v) is 8.39. The largest absolute Gasteiger partial charge is 0.466 e. The van der Waals surface area contributed by atoms with Crippen LogP contribution in [0.25, 0.3) is 0 Å². The van der Waals surface area contributed by atoms with Crippen LogP contribution >= 0.6 is 0 Å². The average Bonchev–Trinajstić information content (AvgIpc) is 3.25. The van der Waals surface area contributed by atoms with Gasteiger partial charge in [0, 0.05) is 12.5 Å². The summed E-state index contributed by atoms with van der Waals surface area (Å²) in [7, 11) is 1.20. The predicted octanol–water partition coefficient (Wildman–Crippen LogP) is 1.94. The summed E-state index contributed by atoms with van der Waals surface area (Å²) in [5, 5.41) is 0. The van der Waals surface area contributed by atoms with Gasteiger partial charge in [0.2, 0.25) is 0 Å². The van der Waals surface area contributed by atoms with E-state index in [1.807, 2.05) is 6.92 Å². The molecule has 0 N–H and O–H groups in total. The zero-order valence-electron chi connectivity index (χ0n) is 18.8. The summed E-state index contributed by atoms with van der Waals surface area (Å²) in [5.41, 5.74) is -0.220. The number of allylic oxidation sites excluding steroid dienone is 2. The molecule has 3 aliphatic rings. The smallest absolute Gasteiger partial charge is 0.341 e. The lowest BCUT2D eigenvalue weighted by atomic mass is 9.83. The highest BCUT2D eigenvalue weighted by Gasteiger charge is 2.59. The third-order valence-electron chi connectivity index (χ3n) is 6.07. The van der Waals surface area contributed by atoms with Gasteiger partial charge in [-0.1, -0.05) is 18.2 Å². The number of ether oxygens (including phenoxy) is 5. The third kappa shape index (κ3) is 4.48. The molecule has 9 nitrogen and oxygen atoms in total. The first-order valence-electron chi connectivity index (χ1n) is 10.4. The second-order valence-electron chi connectivity index (χ2n) is 8.39. The zero-order chi connectivity index (χ0) is 23.8. The van der Waals surface area contributed by atoms with Crippen molar-refractivity contribution >= 4 is 23.9 Å². The first-order valence-corrected chi connectivity index (χ1v) is 10.4. The molecular formula is C23H28O9. The van der Waals surface area contributed by atoms with Crippen LogP contribution in [0.2, 0.25) is 0 Å². The molecule has 0 radical (unpaired) electrons. The van der Waals surface area contributed by atoms with E-state index in [2.05, 4.69) is 6.58 Å². The first kappa shape index (κ1) is 23.7. The molecule has 0 aromatic heterocycles. The van der Waals surface area contributed by atoms with Crippen molar-refractivity contribution in [1.82, 2.24) is 0 Å². The molecule has 0 spiro atoms. The number of fused-ring (bicyclic) bond motifs is 1. The van der Waals surface area contributed by atoms with Crippen LogP contribution in [0.3, 0.4) is 0 Å². The fourth-order valence-electron chi connectivity index (χ4n) is 3.98. The van der Waals surface area contributed by atoms with E-state index >= 15 is 0 Å². The van der Waals surface area contributed by atoms with E-state index in [1.54, 1.807) is 26.0 Å². The number of hydrogen-bond donors (Lipinski definition) is 0. The van der Waals surface area contributed by atoms with Gasteiger partial charge in [0.25, 0.3) is 0 Å². The van der Waals surface area contributed by atoms with Crippen LogP contribution in [-0.2, 0) is 42.9 Å². The van der Waals surface area contributed by atoms with E-state index in [4.69, 9.17) is 23.7 Å². The number of carbonyl (C=O) groups is 4. The number of esters is 4. The summed E-state index contributed by atoms with van der Waals surface area (Å²) in [6.07, 6.45) is 0.539. The van der Waals surface area contributed by atoms with E-state index in [-0.39, 0.29) is 17.3 Å². The summed E-state index contributed by atoms with van der Waals surface area (Å²) in [6, 6.07) is 0. The maximum Gasteiger partial charge on any atom is 0.341 e. The van der Waals surface area contributed by atoms with E-state index < -0.39 is 53.7 Å². The second kappa shape index (κ2) is 8.90. The van der Waals surface area contributed by atoms with Crippen molar-refractivity contribution < 1.29 is 42.9 Å². The first-order chi connectivity index (χ1) is 15.0. The third-order valence-corrected chi connectivity index (χ3v) is 6.07. The molecule has 2 heterocycles. The minimum absolute atomic E-state index is 0.00426. The number of rotatable bonds is 4. The van der Waals surface area contributed by atoms with Gasteiger partial charge in [-0.15, -0.1) is 0 Å². The number of methoxy groups -OCH3 is 1. The van der Waals surface area contributed by atoms with Crippen LogP contribution in [0.1, 0.15) is 40.5 Å². The van der Waals surface area contributed by atoms with Crippen LogP contribution in [0.15, 0.2) is 35.5 Å². The zero-order valence-corrected chi connectivity index (χ0v) is 18.8. The Morgan fingerprint density at radius 2 is 1.91 bits per heavy atom. The van der Waals surface area contributed by atoms with Gasteiger partial charge >= 0.3 is 23.9 Å². The molecule has 2 fully saturated rings. The van der Waals surface area contributed by atoms with Gasteiger partial charge in [0.1, 0.15) is 6.10 Å². The summed E-state index contributed by atoms with van der Waals surface area (Å²) in [5.74, 6) is -3.69. The van der Waals surface area contributed by atoms with Crippen molar-refractivity contribution in [3.05, 3.63) is 35.5 Å². The lowest BCUT2D eigenvalue weighted by Crippen LogP contribution is -2.47. The average molecular weight is 448 g/mol. The molecule has 0 aromatic carbocycles. The lowest BCUT2D eigenvalue weighted by Gasteiger charge is -2.33. The number of epoxide rings is 1. The fraction of sp³-hybridized carbons (Fsp3) is 0.565. The van der Waals surface area contributed by atoms with Crippen LogP contribution in [0.5, 0.6) is 0 Å². The van der Waals surface area contributed by atoms with E-state index in [0.29, 0.717) is 12.8 Å². The molecule has 1 aliphatic carbocycles. The fourth-order valence-corrected chi connectivity index (χ4v) is 3.98. The normalized spacial score (nSPS) is 37.6. The van der Waals surface area contributed by atoms with Crippen molar-refractivity contribution in [2.24, 2.45) is 5.92 Å². The molecule has 32 heavy (non-hydrogen) atoms. The molecular weight excluding hydrogens is 420 g/mol. The van der Waals surface area contributed by atoms with Crippen molar-refractivity contribution in [3.63, 3.8) is 0 Å². The molecule has 0 amide bonds. The highest BCUT2D eigenvalue weighted by molar-refractivity contribution is 5.93. The molecule has 9 heteroatoms.